The molecule has 0 spiro atoms. The quantitative estimate of drug-likeness (QED) is 0.211. The normalized spacial score (nSPS) is 18.5. The number of aliphatic hydroxyl groups excluding tert-OH is 2. The Morgan fingerprint density at radius 1 is 0.705 bits per heavy atom. The zero-order valence-corrected chi connectivity index (χ0v) is 25.0. The second-order valence-electron chi connectivity index (χ2n) is 11.1. The molecule has 0 saturated heterocycles. The molecule has 0 radical (unpaired) electrons. The molecule has 2 aliphatic rings. The Bertz CT molecular complexity index is 1780. The van der Waals surface area contributed by atoms with Gasteiger partial charge in [0.15, 0.2) is 0 Å². The number of phenolic OH excluding ortho intramolecular Hbond substituents is 2. The zero-order valence-electron chi connectivity index (χ0n) is 25.0. The van der Waals surface area contributed by atoms with Gasteiger partial charge in [0.1, 0.15) is 17.3 Å². The molecule has 44 heavy (non-hydrogen) atoms. The first kappa shape index (κ1) is 30.1. The molecular weight excluding hydrogens is 552 g/mol. The molecule has 7 heteroatoms. The molecule has 3 aromatic rings. The van der Waals surface area contributed by atoms with Crippen molar-refractivity contribution < 1.29 is 25.5 Å². The molecule has 0 amide bonds. The van der Waals surface area contributed by atoms with Gasteiger partial charge in [0, 0.05) is 45.1 Å². The summed E-state index contributed by atoms with van der Waals surface area (Å²) in [7, 11) is 7.85. The van der Waals surface area contributed by atoms with E-state index in [2.05, 4.69) is 0 Å². The van der Waals surface area contributed by atoms with Gasteiger partial charge in [0.2, 0.25) is 0 Å². The van der Waals surface area contributed by atoms with Crippen LogP contribution in [0.5, 0.6) is 11.5 Å². The molecule has 0 aromatic heterocycles. The Morgan fingerprint density at radius 2 is 1.18 bits per heavy atom. The predicted molar refractivity (Wildman–Crippen MR) is 176 cm³/mol. The molecule has 7 nitrogen and oxygen atoms in total. The first-order chi connectivity index (χ1) is 20.9. The number of hydrogen-bond acceptors (Lipinski definition) is 7. The molecule has 1 unspecified atom stereocenters. The number of phenols is 2. The van der Waals surface area contributed by atoms with Crippen molar-refractivity contribution in [3.63, 3.8) is 0 Å². The highest BCUT2D eigenvalue weighted by Gasteiger charge is 2.26. The average molecular weight is 587 g/mol. The molecule has 0 heterocycles. The third kappa shape index (κ3) is 5.91. The molecule has 0 saturated carbocycles. The summed E-state index contributed by atoms with van der Waals surface area (Å²) in [5.41, 5.74) is 4.78. The SMILES string of the molecule is [CH-]=C1C(=C2C(O)=CC(/C=C/c3ccc(N(C)C)cc3)=CC2O)C([O-])=C1c1c(O)cc(/C=C/c2ccc(N(C)C)cc2)cc1O. The van der Waals surface area contributed by atoms with Gasteiger partial charge in [0.25, 0.3) is 0 Å². The number of hydrogen-bond donors (Lipinski definition) is 4. The maximum atomic E-state index is 13.3. The van der Waals surface area contributed by atoms with Gasteiger partial charge >= 0.3 is 0 Å². The van der Waals surface area contributed by atoms with Gasteiger partial charge in [-0.1, -0.05) is 48.6 Å². The molecule has 0 aliphatic heterocycles. The number of nitrogens with zero attached hydrogens (tertiary/aromatic N) is 2. The van der Waals surface area contributed by atoms with Crippen LogP contribution in [-0.4, -0.2) is 54.7 Å². The summed E-state index contributed by atoms with van der Waals surface area (Å²) in [4.78, 5) is 4.00. The van der Waals surface area contributed by atoms with Gasteiger partial charge in [-0.15, -0.1) is 11.1 Å². The predicted octanol–water partition coefficient (Wildman–Crippen LogP) is 5.60. The van der Waals surface area contributed by atoms with E-state index in [1.165, 1.54) is 24.3 Å². The van der Waals surface area contributed by atoms with Crippen molar-refractivity contribution in [3.05, 3.63) is 142 Å². The van der Waals surface area contributed by atoms with Crippen molar-refractivity contribution in [1.82, 2.24) is 0 Å². The number of aromatic hydroxyl groups is 2. The van der Waals surface area contributed by atoms with Gasteiger partial charge in [0.05, 0.1) is 6.10 Å². The Kier molecular flexibility index (Phi) is 8.25. The molecule has 0 bridgehead atoms. The van der Waals surface area contributed by atoms with Gasteiger partial charge < -0.3 is 35.3 Å². The summed E-state index contributed by atoms with van der Waals surface area (Å²) in [6, 6.07) is 18.6. The van der Waals surface area contributed by atoms with E-state index in [4.69, 9.17) is 6.58 Å². The van der Waals surface area contributed by atoms with Crippen molar-refractivity contribution in [2.45, 2.75) is 6.10 Å². The Morgan fingerprint density at radius 3 is 1.64 bits per heavy atom. The number of anilines is 2. The first-order valence-corrected chi connectivity index (χ1v) is 14.0. The number of benzene rings is 3. The van der Waals surface area contributed by atoms with Crippen LogP contribution in [0.4, 0.5) is 11.4 Å². The van der Waals surface area contributed by atoms with Crippen molar-refractivity contribution in [1.29, 1.82) is 0 Å². The van der Waals surface area contributed by atoms with Crippen LogP contribution in [0.15, 0.2) is 113 Å². The lowest BCUT2D eigenvalue weighted by molar-refractivity contribution is -0.298. The largest absolute Gasteiger partial charge is 0.890 e. The van der Waals surface area contributed by atoms with Gasteiger partial charge in [-0.3, -0.25) is 0 Å². The second kappa shape index (κ2) is 12.1. The highest BCUT2D eigenvalue weighted by Crippen LogP contribution is 2.51. The summed E-state index contributed by atoms with van der Waals surface area (Å²) in [5, 5.41) is 56.5. The number of aliphatic hydroxyl groups is 2. The number of rotatable bonds is 7. The van der Waals surface area contributed by atoms with Crippen LogP contribution >= 0.6 is 0 Å². The second-order valence-corrected chi connectivity index (χ2v) is 11.1. The van der Waals surface area contributed by atoms with Crippen LogP contribution in [0, 0.1) is 6.58 Å². The van der Waals surface area contributed by atoms with Crippen molar-refractivity contribution in [2.24, 2.45) is 0 Å². The van der Waals surface area contributed by atoms with Gasteiger partial charge in [-0.05, 0) is 76.4 Å². The average Bonchev–Trinajstić information content (AvgIpc) is 2.98. The van der Waals surface area contributed by atoms with Gasteiger partial charge in [-0.2, -0.15) is 5.57 Å². The minimum absolute atomic E-state index is 0.0254. The maximum Gasteiger partial charge on any atom is 0.115 e. The summed E-state index contributed by atoms with van der Waals surface area (Å²) >= 11 is 0. The van der Waals surface area contributed by atoms with Crippen molar-refractivity contribution in [2.75, 3.05) is 38.0 Å². The van der Waals surface area contributed by atoms with Crippen LogP contribution < -0.4 is 14.9 Å². The van der Waals surface area contributed by atoms with Crippen molar-refractivity contribution in [3.8, 4) is 11.5 Å². The standard InChI is InChI=1S/C37H35N2O5/c1-22-33(35-29(40)18-25(19-30(35)41)8-6-23-10-14-27(15-11-23)38(2)3)37(44)34(22)36-31(42)20-26(21-32(36)43)9-7-24-12-16-28(17-13-24)39(4)5/h1,6-21,29,40-44H,2-5H3/q-1/p-1/b8-6+,9-7+,35-33?. The van der Waals surface area contributed by atoms with Crippen LogP contribution in [0.3, 0.4) is 0 Å². The third-order valence-corrected chi connectivity index (χ3v) is 7.61. The fourth-order valence-electron chi connectivity index (χ4n) is 5.17. The van der Waals surface area contributed by atoms with Crippen LogP contribution in [0.25, 0.3) is 23.8 Å². The van der Waals surface area contributed by atoms with E-state index in [1.807, 2.05) is 98.7 Å². The monoisotopic (exact) mass is 586 g/mol. The van der Waals surface area contributed by atoms with E-state index in [0.717, 1.165) is 22.5 Å². The highest BCUT2D eigenvalue weighted by atomic mass is 16.3. The van der Waals surface area contributed by atoms with E-state index in [9.17, 15) is 25.5 Å². The summed E-state index contributed by atoms with van der Waals surface area (Å²) < 4.78 is 0. The van der Waals surface area contributed by atoms with E-state index in [-0.39, 0.29) is 45.1 Å². The Labute approximate surface area is 257 Å². The lowest BCUT2D eigenvalue weighted by Gasteiger charge is -2.48. The molecule has 5 rings (SSSR count). The van der Waals surface area contributed by atoms with Gasteiger partial charge in [-0.25, -0.2) is 12.3 Å². The lowest BCUT2D eigenvalue weighted by atomic mass is 9.75. The fourth-order valence-corrected chi connectivity index (χ4v) is 5.17. The zero-order chi connectivity index (χ0) is 31.7. The molecular formula is C37H34N2O5-2. The summed E-state index contributed by atoms with van der Waals surface area (Å²) in [5.74, 6) is -1.53. The third-order valence-electron chi connectivity index (χ3n) is 7.61. The molecule has 1 atom stereocenters. The van der Waals surface area contributed by atoms with Crippen LogP contribution in [0.1, 0.15) is 22.3 Å². The van der Waals surface area contributed by atoms with E-state index < -0.39 is 11.9 Å². The maximum absolute atomic E-state index is 13.3. The molecule has 2 aliphatic carbocycles. The smallest absolute Gasteiger partial charge is 0.115 e. The minimum atomic E-state index is -1.30. The molecule has 4 N–H and O–H groups in total. The van der Waals surface area contributed by atoms with E-state index in [0.29, 0.717) is 11.1 Å². The van der Waals surface area contributed by atoms with Crippen molar-refractivity contribution >= 4 is 35.2 Å². The minimum Gasteiger partial charge on any atom is -0.890 e. The summed E-state index contributed by atoms with van der Waals surface area (Å²) in [6.45, 7) is 6.27. The Hall–Kier alpha value is -5.40. The topological polar surface area (TPSA) is 110 Å². The number of allylic oxidation sites excluding steroid dienone is 5. The fraction of sp³-hybridized carbons (Fsp3) is 0.135. The molecule has 224 valence electrons. The van der Waals surface area contributed by atoms with Crippen LogP contribution in [-0.2, 0) is 0 Å². The lowest BCUT2D eigenvalue weighted by Crippen LogP contribution is -2.27. The molecule has 3 aromatic carbocycles. The van der Waals surface area contributed by atoms with Crippen LogP contribution in [0.2, 0.25) is 0 Å². The highest BCUT2D eigenvalue weighted by molar-refractivity contribution is 6.00. The van der Waals surface area contributed by atoms with E-state index in [1.54, 1.807) is 12.2 Å². The summed E-state index contributed by atoms with van der Waals surface area (Å²) in [6.07, 6.45) is 8.85. The Balaban J connectivity index is 1.37. The van der Waals surface area contributed by atoms with E-state index >= 15 is 0 Å². The first-order valence-electron chi connectivity index (χ1n) is 14.0. The molecule has 0 fully saturated rings.